The molecule has 140 valence electrons. The molecule has 0 aliphatic rings. The van der Waals surface area contributed by atoms with Crippen LogP contribution in [0.15, 0.2) is 52.6 Å². The van der Waals surface area contributed by atoms with Crippen LogP contribution in [0, 0.1) is 0 Å². The van der Waals surface area contributed by atoms with Crippen LogP contribution < -0.4 is 4.74 Å². The summed E-state index contributed by atoms with van der Waals surface area (Å²) in [6, 6.07) is 11.5. The molecule has 2 rings (SSSR count). The van der Waals surface area contributed by atoms with Gasteiger partial charge in [-0.2, -0.15) is 0 Å². The molecule has 26 heavy (non-hydrogen) atoms. The van der Waals surface area contributed by atoms with Gasteiger partial charge in [0.2, 0.25) is 5.88 Å². The number of benzene rings is 1. The van der Waals surface area contributed by atoms with Crippen LogP contribution in [0.3, 0.4) is 0 Å². The van der Waals surface area contributed by atoms with Gasteiger partial charge in [-0.3, -0.25) is 0 Å². The van der Waals surface area contributed by atoms with Crippen LogP contribution in [0.4, 0.5) is 0 Å². The number of methoxy groups -OCH3 is 1. The molecular weight excluding hydrogens is 350 g/mol. The highest BCUT2D eigenvalue weighted by Gasteiger charge is 2.22. The molecule has 6 nitrogen and oxygen atoms in total. The summed E-state index contributed by atoms with van der Waals surface area (Å²) >= 11 is 1.60. The van der Waals surface area contributed by atoms with Gasteiger partial charge in [0.05, 0.1) is 12.2 Å². The SMILES string of the molecule is COCCN(/C(=N\O)c1cccnc1Oc1ccccc1SC)C(C)C. The van der Waals surface area contributed by atoms with Gasteiger partial charge >= 0.3 is 0 Å². The van der Waals surface area contributed by atoms with Crippen molar-refractivity contribution in [2.45, 2.75) is 24.8 Å². The van der Waals surface area contributed by atoms with E-state index in [-0.39, 0.29) is 6.04 Å². The zero-order valence-electron chi connectivity index (χ0n) is 15.5. The molecule has 0 spiro atoms. The van der Waals surface area contributed by atoms with E-state index < -0.39 is 0 Å². The van der Waals surface area contributed by atoms with Crippen molar-refractivity contribution in [1.82, 2.24) is 9.88 Å². The lowest BCUT2D eigenvalue weighted by Gasteiger charge is -2.29. The fourth-order valence-electron chi connectivity index (χ4n) is 2.51. The predicted molar refractivity (Wildman–Crippen MR) is 105 cm³/mol. The fourth-order valence-corrected chi connectivity index (χ4v) is 3.04. The smallest absolute Gasteiger partial charge is 0.230 e. The molecule has 0 saturated heterocycles. The summed E-state index contributed by atoms with van der Waals surface area (Å²) in [5, 5.41) is 13.2. The average Bonchev–Trinajstić information content (AvgIpc) is 2.66. The summed E-state index contributed by atoms with van der Waals surface area (Å²) in [4.78, 5) is 7.32. The van der Waals surface area contributed by atoms with Crippen LogP contribution >= 0.6 is 11.8 Å². The number of rotatable bonds is 8. The Labute approximate surface area is 158 Å². The highest BCUT2D eigenvalue weighted by atomic mass is 32.2. The number of thioether (sulfide) groups is 1. The Morgan fingerprint density at radius 1 is 1.27 bits per heavy atom. The van der Waals surface area contributed by atoms with Crippen molar-refractivity contribution in [3.05, 3.63) is 48.2 Å². The molecule has 2 aromatic rings. The van der Waals surface area contributed by atoms with Crippen LogP contribution in [0.1, 0.15) is 19.4 Å². The van der Waals surface area contributed by atoms with Gasteiger partial charge in [0.15, 0.2) is 5.84 Å². The second kappa shape index (κ2) is 10.0. The van der Waals surface area contributed by atoms with Crippen molar-refractivity contribution >= 4 is 17.6 Å². The molecule has 1 N–H and O–H groups in total. The lowest BCUT2D eigenvalue weighted by Crippen LogP contribution is -2.40. The molecule has 1 aromatic carbocycles. The van der Waals surface area contributed by atoms with Gasteiger partial charge in [-0.05, 0) is 44.4 Å². The Balaban J connectivity index is 2.40. The number of hydrogen-bond acceptors (Lipinski definition) is 6. The van der Waals surface area contributed by atoms with E-state index in [0.717, 1.165) is 4.90 Å². The zero-order valence-corrected chi connectivity index (χ0v) is 16.4. The van der Waals surface area contributed by atoms with Gasteiger partial charge in [0.1, 0.15) is 5.75 Å². The standard InChI is InChI=1S/C19H25N3O3S/c1-14(2)22(12-13-24-3)18(21-23)15-8-7-11-20-19(15)25-16-9-5-6-10-17(16)26-4/h5-11,14,23H,12-13H2,1-4H3/b21-18-. The molecule has 0 aliphatic heterocycles. The number of ether oxygens (including phenoxy) is 2. The minimum Gasteiger partial charge on any atom is -0.437 e. The monoisotopic (exact) mass is 375 g/mol. The Morgan fingerprint density at radius 3 is 2.69 bits per heavy atom. The second-order valence-electron chi connectivity index (χ2n) is 5.81. The average molecular weight is 375 g/mol. The predicted octanol–water partition coefficient (Wildman–Crippen LogP) is 4.09. The van der Waals surface area contributed by atoms with Crippen LogP contribution in [-0.4, -0.2) is 53.5 Å². The molecule has 0 atom stereocenters. The summed E-state index contributed by atoms with van der Waals surface area (Å²) in [7, 11) is 1.65. The number of amidine groups is 1. The first-order valence-electron chi connectivity index (χ1n) is 8.36. The maximum Gasteiger partial charge on any atom is 0.230 e. The van der Waals surface area contributed by atoms with Gasteiger partial charge in [0.25, 0.3) is 0 Å². The fraction of sp³-hybridized carbons (Fsp3) is 0.368. The summed E-state index contributed by atoms with van der Waals surface area (Å²) in [6.07, 6.45) is 3.65. The summed E-state index contributed by atoms with van der Waals surface area (Å²) in [5.41, 5.74) is 0.621. The Kier molecular flexibility index (Phi) is 7.74. The topological polar surface area (TPSA) is 67.2 Å². The summed E-state index contributed by atoms with van der Waals surface area (Å²) < 4.78 is 11.2. The maximum absolute atomic E-state index is 9.71. The third kappa shape index (κ3) is 4.89. The molecule has 0 unspecified atom stereocenters. The molecule has 0 radical (unpaired) electrons. The van der Waals surface area contributed by atoms with Gasteiger partial charge in [-0.1, -0.05) is 17.3 Å². The van der Waals surface area contributed by atoms with Crippen LogP contribution in [-0.2, 0) is 4.74 Å². The third-order valence-electron chi connectivity index (χ3n) is 3.81. The van der Waals surface area contributed by atoms with E-state index in [1.165, 1.54) is 0 Å². The molecular formula is C19H25N3O3S. The molecule has 0 bridgehead atoms. The van der Waals surface area contributed by atoms with Crippen molar-refractivity contribution in [1.29, 1.82) is 0 Å². The number of aromatic nitrogens is 1. The first-order chi connectivity index (χ1) is 12.6. The summed E-state index contributed by atoms with van der Waals surface area (Å²) in [6.45, 7) is 5.16. The van der Waals surface area contributed by atoms with Crippen LogP contribution in [0.5, 0.6) is 11.6 Å². The molecule has 0 saturated carbocycles. The lowest BCUT2D eigenvalue weighted by atomic mass is 10.2. The number of oxime groups is 1. The Hall–Kier alpha value is -2.25. The van der Waals surface area contributed by atoms with E-state index in [2.05, 4.69) is 10.1 Å². The molecule has 0 amide bonds. The third-order valence-corrected chi connectivity index (χ3v) is 4.59. The number of para-hydroxylation sites is 1. The van der Waals surface area contributed by atoms with Crippen molar-refractivity contribution in [3.8, 4) is 11.6 Å². The lowest BCUT2D eigenvalue weighted by molar-refractivity contribution is 0.164. The normalized spacial score (nSPS) is 11.7. The summed E-state index contributed by atoms with van der Waals surface area (Å²) in [5.74, 6) is 1.51. The maximum atomic E-state index is 9.71. The van der Waals surface area contributed by atoms with Crippen molar-refractivity contribution in [2.24, 2.45) is 5.16 Å². The van der Waals surface area contributed by atoms with E-state index in [1.54, 1.807) is 31.1 Å². The van der Waals surface area contributed by atoms with Gasteiger partial charge in [-0.15, -0.1) is 11.8 Å². The second-order valence-corrected chi connectivity index (χ2v) is 6.66. The number of hydrogen-bond donors (Lipinski definition) is 1. The van der Waals surface area contributed by atoms with Gasteiger partial charge < -0.3 is 19.6 Å². The van der Waals surface area contributed by atoms with Gasteiger partial charge in [-0.25, -0.2) is 4.98 Å². The van der Waals surface area contributed by atoms with Crippen LogP contribution in [0.2, 0.25) is 0 Å². The van der Waals surface area contributed by atoms with Crippen molar-refractivity contribution in [3.63, 3.8) is 0 Å². The number of nitrogens with zero attached hydrogens (tertiary/aromatic N) is 3. The number of pyridine rings is 1. The quantitative estimate of drug-likeness (QED) is 0.246. The first-order valence-corrected chi connectivity index (χ1v) is 9.58. The highest BCUT2D eigenvalue weighted by Crippen LogP contribution is 2.32. The van der Waals surface area contributed by atoms with Gasteiger partial charge in [0, 0.05) is 30.8 Å². The molecule has 0 aliphatic carbocycles. The van der Waals surface area contributed by atoms with E-state index in [4.69, 9.17) is 9.47 Å². The molecule has 1 heterocycles. The molecule has 0 fully saturated rings. The van der Waals surface area contributed by atoms with E-state index in [1.807, 2.05) is 55.3 Å². The highest BCUT2D eigenvalue weighted by molar-refractivity contribution is 7.98. The Morgan fingerprint density at radius 2 is 2.04 bits per heavy atom. The molecule has 1 aromatic heterocycles. The largest absolute Gasteiger partial charge is 0.437 e. The van der Waals surface area contributed by atoms with Crippen LogP contribution in [0.25, 0.3) is 0 Å². The van der Waals surface area contributed by atoms with E-state index >= 15 is 0 Å². The zero-order chi connectivity index (χ0) is 18.9. The first kappa shape index (κ1) is 20.1. The van der Waals surface area contributed by atoms with E-state index in [0.29, 0.717) is 36.2 Å². The molecule has 7 heteroatoms. The van der Waals surface area contributed by atoms with Crippen molar-refractivity contribution in [2.75, 3.05) is 26.5 Å². The minimum atomic E-state index is 0.114. The van der Waals surface area contributed by atoms with E-state index in [9.17, 15) is 5.21 Å². The minimum absolute atomic E-state index is 0.114. The Bertz CT molecular complexity index is 737. The van der Waals surface area contributed by atoms with Crippen molar-refractivity contribution < 1.29 is 14.7 Å².